The second-order valence-corrected chi connectivity index (χ2v) is 6.68. The first kappa shape index (κ1) is 16.1. The lowest BCUT2D eigenvalue weighted by Crippen LogP contribution is -2.42. The minimum absolute atomic E-state index is 0.0692. The van der Waals surface area contributed by atoms with Gasteiger partial charge in [-0.25, -0.2) is 0 Å². The van der Waals surface area contributed by atoms with Gasteiger partial charge in [-0.15, -0.1) is 0 Å². The molecule has 0 saturated heterocycles. The van der Waals surface area contributed by atoms with Crippen LogP contribution >= 0.6 is 0 Å². The highest BCUT2D eigenvalue weighted by Crippen LogP contribution is 2.47. The molecular weight excluding hydrogens is 338 g/mol. The Morgan fingerprint density at radius 1 is 1.08 bits per heavy atom. The van der Waals surface area contributed by atoms with E-state index in [0.29, 0.717) is 17.6 Å². The molecule has 1 fully saturated rings. The molecule has 2 atom stereocenters. The number of allylic oxidation sites excluding steroid dienone is 3. The number of rotatable bonds is 1. The van der Waals surface area contributed by atoms with Crippen molar-refractivity contribution in [3.63, 3.8) is 0 Å². The number of hydrogen-bond donors (Lipinski definition) is 4. The van der Waals surface area contributed by atoms with Crippen molar-refractivity contribution in [2.45, 2.75) is 12.8 Å². The van der Waals surface area contributed by atoms with Gasteiger partial charge in [0.05, 0.1) is 5.56 Å². The number of phenolic OH excluding ortho intramolecular Hbond substituents is 1. The van der Waals surface area contributed by atoms with Crippen LogP contribution in [0.4, 0.5) is 0 Å². The summed E-state index contributed by atoms with van der Waals surface area (Å²) >= 11 is 0. The zero-order valence-electron chi connectivity index (χ0n) is 13.5. The lowest BCUT2D eigenvalue weighted by atomic mass is 9.65. The molecule has 0 aliphatic heterocycles. The fourth-order valence-electron chi connectivity index (χ4n) is 4.14. The van der Waals surface area contributed by atoms with Gasteiger partial charge in [0.25, 0.3) is 5.91 Å². The number of carbonyl (C=O) groups excluding carboxylic acids is 3. The van der Waals surface area contributed by atoms with Gasteiger partial charge in [0.15, 0.2) is 11.6 Å². The first-order valence-corrected chi connectivity index (χ1v) is 8.07. The van der Waals surface area contributed by atoms with Crippen molar-refractivity contribution in [1.82, 2.24) is 0 Å². The maximum atomic E-state index is 13.0. The average Bonchev–Trinajstić information content (AvgIpc) is 2.53. The van der Waals surface area contributed by atoms with E-state index in [0.717, 1.165) is 0 Å². The number of Topliss-reactive ketones (excluding diaryl/α,β-unsaturated/α-hetero) is 2. The summed E-state index contributed by atoms with van der Waals surface area (Å²) in [5.41, 5.74) is 5.89. The number of aliphatic hydroxyl groups is 2. The molecule has 0 heterocycles. The molecule has 0 bridgehead atoms. The van der Waals surface area contributed by atoms with Crippen molar-refractivity contribution in [1.29, 1.82) is 0 Å². The van der Waals surface area contributed by atoms with Crippen LogP contribution in [0.25, 0.3) is 5.76 Å². The lowest BCUT2D eigenvalue weighted by Gasteiger charge is -2.36. The number of fused-ring (bicyclic) bond motifs is 3. The Hall–Kier alpha value is -3.35. The number of aromatic hydroxyl groups is 1. The van der Waals surface area contributed by atoms with Gasteiger partial charge < -0.3 is 21.1 Å². The Morgan fingerprint density at radius 3 is 2.50 bits per heavy atom. The summed E-state index contributed by atoms with van der Waals surface area (Å²) in [6, 6.07) is 4.81. The van der Waals surface area contributed by atoms with Gasteiger partial charge in [0, 0.05) is 5.57 Å². The SMILES string of the molecule is NC(=O)C1=C(O)C=C2CC3Cc4cccc(O)c4C(O)=C3C(=O)C2C1=O. The molecule has 1 saturated carbocycles. The molecule has 1 aromatic rings. The number of carbonyl (C=O) groups is 3. The molecule has 1 aromatic carbocycles. The van der Waals surface area contributed by atoms with Crippen LogP contribution in [0.5, 0.6) is 5.75 Å². The normalized spacial score (nSPS) is 24.7. The van der Waals surface area contributed by atoms with Crippen molar-refractivity contribution in [2.24, 2.45) is 17.6 Å². The smallest absolute Gasteiger partial charge is 0.256 e. The molecular formula is C19H15NO6. The zero-order valence-corrected chi connectivity index (χ0v) is 13.5. The molecule has 132 valence electrons. The van der Waals surface area contributed by atoms with Crippen molar-refractivity contribution >= 4 is 23.2 Å². The summed E-state index contributed by atoms with van der Waals surface area (Å²) in [7, 11) is 0. The highest BCUT2D eigenvalue weighted by molar-refractivity contribution is 6.30. The molecule has 0 spiro atoms. The van der Waals surface area contributed by atoms with Gasteiger partial charge in [0.1, 0.15) is 28.8 Å². The standard InChI is InChI=1S/C19H15NO6/c20-19(26)15-11(22)6-9-5-8-4-7-2-1-3-10(21)12(7)16(23)13(8)17(24)14(9)18(15)25/h1-3,6,8,14,21-23H,4-5H2,(H2,20,26). The highest BCUT2D eigenvalue weighted by atomic mass is 16.3. The molecule has 7 heteroatoms. The molecule has 5 N–H and O–H groups in total. The monoisotopic (exact) mass is 353 g/mol. The highest BCUT2D eigenvalue weighted by Gasteiger charge is 2.48. The number of nitrogens with two attached hydrogens (primary N) is 1. The third-order valence-corrected chi connectivity index (χ3v) is 5.21. The van der Waals surface area contributed by atoms with E-state index >= 15 is 0 Å². The summed E-state index contributed by atoms with van der Waals surface area (Å²) in [4.78, 5) is 37.0. The topological polar surface area (TPSA) is 138 Å². The molecule has 0 radical (unpaired) electrons. The third kappa shape index (κ3) is 2.03. The van der Waals surface area contributed by atoms with Gasteiger partial charge in [-0.3, -0.25) is 14.4 Å². The Bertz CT molecular complexity index is 997. The molecule has 0 aromatic heterocycles. The number of primary amides is 1. The van der Waals surface area contributed by atoms with E-state index in [1.165, 1.54) is 12.1 Å². The molecule has 2 unspecified atom stereocenters. The summed E-state index contributed by atoms with van der Waals surface area (Å²) in [6.45, 7) is 0. The van der Waals surface area contributed by atoms with E-state index in [1.807, 2.05) is 0 Å². The van der Waals surface area contributed by atoms with Crippen LogP contribution in [-0.2, 0) is 20.8 Å². The predicted molar refractivity (Wildman–Crippen MR) is 89.9 cm³/mol. The van der Waals surface area contributed by atoms with Crippen LogP contribution < -0.4 is 5.73 Å². The minimum atomic E-state index is -1.28. The van der Waals surface area contributed by atoms with E-state index < -0.39 is 34.7 Å². The van der Waals surface area contributed by atoms with Crippen LogP contribution in [0, 0.1) is 11.8 Å². The van der Waals surface area contributed by atoms with Crippen LogP contribution in [0.15, 0.2) is 46.8 Å². The first-order chi connectivity index (χ1) is 12.3. The zero-order chi connectivity index (χ0) is 18.7. The Morgan fingerprint density at radius 2 is 1.81 bits per heavy atom. The Labute approximate surface area is 147 Å². The van der Waals surface area contributed by atoms with Crippen molar-refractivity contribution in [3.05, 3.63) is 57.9 Å². The van der Waals surface area contributed by atoms with Crippen LogP contribution in [-0.4, -0.2) is 32.8 Å². The maximum absolute atomic E-state index is 13.0. The first-order valence-electron chi connectivity index (χ1n) is 8.07. The quantitative estimate of drug-likeness (QED) is 0.442. The maximum Gasteiger partial charge on any atom is 0.256 e. The summed E-state index contributed by atoms with van der Waals surface area (Å²) < 4.78 is 0. The fourth-order valence-corrected chi connectivity index (χ4v) is 4.14. The predicted octanol–water partition coefficient (Wildman–Crippen LogP) is 1.23. The number of phenols is 1. The fraction of sp³-hybridized carbons (Fsp3) is 0.211. The second kappa shape index (κ2) is 5.32. The number of amides is 1. The number of benzene rings is 1. The molecule has 1 amide bonds. The van der Waals surface area contributed by atoms with E-state index in [9.17, 15) is 29.7 Å². The molecule has 7 nitrogen and oxygen atoms in total. The van der Waals surface area contributed by atoms with Gasteiger partial charge in [-0.2, -0.15) is 0 Å². The largest absolute Gasteiger partial charge is 0.507 e. The third-order valence-electron chi connectivity index (χ3n) is 5.21. The Balaban J connectivity index is 1.88. The number of ketones is 2. The average molecular weight is 353 g/mol. The molecule has 4 rings (SSSR count). The van der Waals surface area contributed by atoms with Crippen molar-refractivity contribution < 1.29 is 29.7 Å². The number of hydrogen-bond acceptors (Lipinski definition) is 6. The lowest BCUT2D eigenvalue weighted by molar-refractivity contribution is -0.129. The van der Waals surface area contributed by atoms with Gasteiger partial charge >= 0.3 is 0 Å². The van der Waals surface area contributed by atoms with Gasteiger partial charge in [-0.05, 0) is 42.0 Å². The molecule has 3 aliphatic rings. The van der Waals surface area contributed by atoms with E-state index in [2.05, 4.69) is 0 Å². The second-order valence-electron chi connectivity index (χ2n) is 6.68. The van der Waals surface area contributed by atoms with Gasteiger partial charge in [-0.1, -0.05) is 12.1 Å². The number of aliphatic hydroxyl groups excluding tert-OH is 2. The van der Waals surface area contributed by atoms with Crippen molar-refractivity contribution in [3.8, 4) is 5.75 Å². The van der Waals surface area contributed by atoms with Gasteiger partial charge in [0.2, 0.25) is 0 Å². The van der Waals surface area contributed by atoms with Crippen LogP contribution in [0.1, 0.15) is 17.5 Å². The minimum Gasteiger partial charge on any atom is -0.507 e. The van der Waals surface area contributed by atoms with Crippen molar-refractivity contribution in [2.75, 3.05) is 0 Å². The van der Waals surface area contributed by atoms with E-state index in [1.54, 1.807) is 12.1 Å². The summed E-state index contributed by atoms with van der Waals surface area (Å²) in [5.74, 6) is -5.29. The summed E-state index contributed by atoms with van der Waals surface area (Å²) in [5, 5.41) is 30.6. The summed E-state index contributed by atoms with van der Waals surface area (Å²) in [6.07, 6.45) is 1.92. The van der Waals surface area contributed by atoms with Crippen LogP contribution in [0.2, 0.25) is 0 Å². The molecule has 26 heavy (non-hydrogen) atoms. The van der Waals surface area contributed by atoms with E-state index in [-0.39, 0.29) is 35.0 Å². The molecule has 3 aliphatic carbocycles. The Kier molecular flexibility index (Phi) is 3.30. The van der Waals surface area contributed by atoms with E-state index in [4.69, 9.17) is 5.73 Å². The van der Waals surface area contributed by atoms with Crippen LogP contribution in [0.3, 0.4) is 0 Å².